The summed E-state index contributed by atoms with van der Waals surface area (Å²) >= 11 is 1.55. The van der Waals surface area contributed by atoms with Crippen molar-refractivity contribution in [2.45, 2.75) is 36.4 Å². The van der Waals surface area contributed by atoms with Gasteiger partial charge in [0.05, 0.1) is 30.0 Å². The SMILES string of the molecule is Cn1ccc(-c2nnc(SCc3nc4c5cnn(C)c5ncn4n3)n2C[C@H]2CCCO2)n1. The lowest BCUT2D eigenvalue weighted by Gasteiger charge is -2.13. The third-order valence-electron chi connectivity index (χ3n) is 5.51. The summed E-state index contributed by atoms with van der Waals surface area (Å²) in [6.07, 6.45) is 7.61. The summed E-state index contributed by atoms with van der Waals surface area (Å²) in [5.74, 6) is 1.99. The van der Waals surface area contributed by atoms with Crippen LogP contribution in [0.2, 0.25) is 0 Å². The Balaban J connectivity index is 1.30. The minimum absolute atomic E-state index is 0.158. The summed E-state index contributed by atoms with van der Waals surface area (Å²) in [5.41, 5.74) is 2.31. The second kappa shape index (κ2) is 7.67. The summed E-state index contributed by atoms with van der Waals surface area (Å²) < 4.78 is 13.1. The van der Waals surface area contributed by atoms with Gasteiger partial charge in [0.15, 0.2) is 28.1 Å². The van der Waals surface area contributed by atoms with Gasteiger partial charge in [-0.1, -0.05) is 11.8 Å². The summed E-state index contributed by atoms with van der Waals surface area (Å²) in [6.45, 7) is 1.50. The Kier molecular flexibility index (Phi) is 4.64. The van der Waals surface area contributed by atoms with E-state index < -0.39 is 0 Å². The summed E-state index contributed by atoms with van der Waals surface area (Å²) in [7, 11) is 3.75. The molecule has 0 N–H and O–H groups in total. The monoisotopic (exact) mass is 451 g/mol. The second-order valence-electron chi connectivity index (χ2n) is 7.76. The highest BCUT2D eigenvalue weighted by Crippen LogP contribution is 2.27. The van der Waals surface area contributed by atoms with Crippen LogP contribution in [0.4, 0.5) is 0 Å². The largest absolute Gasteiger partial charge is 0.376 e. The normalized spacial score (nSPS) is 16.6. The number of thioether (sulfide) groups is 1. The average Bonchev–Trinajstić information content (AvgIpc) is 3.58. The Morgan fingerprint density at radius 1 is 1.19 bits per heavy atom. The predicted octanol–water partition coefficient (Wildman–Crippen LogP) is 1.47. The van der Waals surface area contributed by atoms with E-state index in [1.807, 2.05) is 26.4 Å². The van der Waals surface area contributed by atoms with E-state index in [-0.39, 0.29) is 6.10 Å². The lowest BCUT2D eigenvalue weighted by atomic mass is 10.2. The molecule has 0 saturated carbocycles. The smallest absolute Gasteiger partial charge is 0.192 e. The van der Waals surface area contributed by atoms with Crippen LogP contribution < -0.4 is 0 Å². The van der Waals surface area contributed by atoms with Gasteiger partial charge in [0.1, 0.15) is 12.0 Å². The van der Waals surface area contributed by atoms with Crippen LogP contribution in [0.25, 0.3) is 28.2 Å². The van der Waals surface area contributed by atoms with Crippen molar-refractivity contribution in [3.63, 3.8) is 0 Å². The summed E-state index contributed by atoms with van der Waals surface area (Å²) in [6, 6.07) is 1.94. The van der Waals surface area contributed by atoms with Gasteiger partial charge in [-0.2, -0.15) is 10.2 Å². The number of hydrogen-bond acceptors (Lipinski definition) is 9. The molecule has 1 fully saturated rings. The minimum atomic E-state index is 0.158. The topological polar surface area (TPSA) is 119 Å². The minimum Gasteiger partial charge on any atom is -0.376 e. The van der Waals surface area contributed by atoms with Crippen LogP contribution in [-0.2, 0) is 31.1 Å². The van der Waals surface area contributed by atoms with Crippen LogP contribution >= 0.6 is 11.8 Å². The third-order valence-corrected chi connectivity index (χ3v) is 6.48. The van der Waals surface area contributed by atoms with Crippen molar-refractivity contribution in [3.05, 3.63) is 30.6 Å². The number of aryl methyl sites for hydroxylation is 2. The molecule has 13 heteroatoms. The average molecular weight is 452 g/mol. The van der Waals surface area contributed by atoms with Crippen LogP contribution in [0.15, 0.2) is 29.9 Å². The highest BCUT2D eigenvalue weighted by Gasteiger charge is 2.23. The highest BCUT2D eigenvalue weighted by molar-refractivity contribution is 7.98. The molecule has 5 aromatic heterocycles. The van der Waals surface area contributed by atoms with Crippen molar-refractivity contribution in [2.75, 3.05) is 6.61 Å². The maximum atomic E-state index is 5.87. The van der Waals surface area contributed by atoms with Gasteiger partial charge >= 0.3 is 0 Å². The van der Waals surface area contributed by atoms with E-state index in [0.29, 0.717) is 18.1 Å². The van der Waals surface area contributed by atoms with Gasteiger partial charge in [-0.15, -0.1) is 15.3 Å². The highest BCUT2D eigenvalue weighted by atomic mass is 32.2. The molecule has 32 heavy (non-hydrogen) atoms. The maximum absolute atomic E-state index is 5.87. The molecule has 6 heterocycles. The van der Waals surface area contributed by atoms with Crippen molar-refractivity contribution in [1.82, 2.24) is 53.9 Å². The Hall–Kier alpha value is -3.32. The van der Waals surface area contributed by atoms with Gasteiger partial charge in [0.25, 0.3) is 0 Å². The molecule has 1 aliphatic heterocycles. The molecule has 0 spiro atoms. The van der Waals surface area contributed by atoms with Crippen molar-refractivity contribution < 1.29 is 4.74 Å². The molecule has 12 nitrogen and oxygen atoms in total. The van der Waals surface area contributed by atoms with E-state index in [1.54, 1.807) is 38.2 Å². The number of ether oxygens (including phenoxy) is 1. The summed E-state index contributed by atoms with van der Waals surface area (Å²) in [4.78, 5) is 9.13. The van der Waals surface area contributed by atoms with Crippen LogP contribution in [-0.4, -0.2) is 66.6 Å². The first-order valence-corrected chi connectivity index (χ1v) is 11.3. The molecule has 0 unspecified atom stereocenters. The molecule has 0 aliphatic carbocycles. The van der Waals surface area contributed by atoms with E-state index in [2.05, 4.69) is 35.0 Å². The van der Waals surface area contributed by atoms with Crippen LogP contribution in [0.1, 0.15) is 18.7 Å². The van der Waals surface area contributed by atoms with E-state index in [1.165, 1.54) is 0 Å². The predicted molar refractivity (Wildman–Crippen MR) is 116 cm³/mol. The first-order valence-electron chi connectivity index (χ1n) is 10.4. The molecule has 0 bridgehead atoms. The fraction of sp³-hybridized carbons (Fsp3) is 0.421. The fourth-order valence-corrected chi connectivity index (χ4v) is 4.74. The first kappa shape index (κ1) is 19.4. The number of fused-ring (bicyclic) bond motifs is 3. The molecule has 0 aromatic carbocycles. The zero-order chi connectivity index (χ0) is 21.7. The number of aromatic nitrogens is 11. The molecule has 6 rings (SSSR count). The maximum Gasteiger partial charge on any atom is 0.192 e. The van der Waals surface area contributed by atoms with Crippen molar-refractivity contribution >= 4 is 28.4 Å². The van der Waals surface area contributed by atoms with E-state index in [0.717, 1.165) is 52.8 Å². The van der Waals surface area contributed by atoms with Gasteiger partial charge in [-0.3, -0.25) is 13.9 Å². The molecule has 164 valence electrons. The number of nitrogens with zero attached hydrogens (tertiary/aromatic N) is 11. The van der Waals surface area contributed by atoms with Gasteiger partial charge < -0.3 is 4.74 Å². The Labute approximate surface area is 186 Å². The Bertz CT molecular complexity index is 1410. The van der Waals surface area contributed by atoms with Crippen LogP contribution in [0.3, 0.4) is 0 Å². The second-order valence-corrected chi connectivity index (χ2v) is 8.70. The van der Waals surface area contributed by atoms with Gasteiger partial charge in [-0.05, 0) is 18.9 Å². The third kappa shape index (κ3) is 3.33. The molecule has 1 aliphatic rings. The Morgan fingerprint density at radius 3 is 2.94 bits per heavy atom. The molecular weight excluding hydrogens is 430 g/mol. The quantitative estimate of drug-likeness (QED) is 0.354. The fourth-order valence-electron chi connectivity index (χ4n) is 3.95. The molecular formula is C19H21N11OS. The molecule has 0 radical (unpaired) electrons. The van der Waals surface area contributed by atoms with Crippen molar-refractivity contribution in [3.8, 4) is 11.5 Å². The van der Waals surface area contributed by atoms with Crippen LogP contribution in [0, 0.1) is 0 Å². The Morgan fingerprint density at radius 2 is 2.12 bits per heavy atom. The van der Waals surface area contributed by atoms with Crippen LogP contribution in [0.5, 0.6) is 0 Å². The molecule has 5 aromatic rings. The first-order chi connectivity index (χ1) is 15.7. The van der Waals surface area contributed by atoms with Crippen molar-refractivity contribution in [1.29, 1.82) is 0 Å². The van der Waals surface area contributed by atoms with E-state index in [4.69, 9.17) is 9.72 Å². The zero-order valence-corrected chi connectivity index (χ0v) is 18.5. The van der Waals surface area contributed by atoms with E-state index in [9.17, 15) is 0 Å². The zero-order valence-electron chi connectivity index (χ0n) is 17.7. The number of hydrogen-bond donors (Lipinski definition) is 0. The molecule has 1 atom stereocenters. The molecule has 1 saturated heterocycles. The van der Waals surface area contributed by atoms with Gasteiger partial charge in [0, 0.05) is 26.9 Å². The lowest BCUT2D eigenvalue weighted by molar-refractivity contribution is 0.0953. The lowest BCUT2D eigenvalue weighted by Crippen LogP contribution is -2.16. The summed E-state index contributed by atoms with van der Waals surface area (Å²) in [5, 5.41) is 23.9. The van der Waals surface area contributed by atoms with Gasteiger partial charge in [0.2, 0.25) is 0 Å². The van der Waals surface area contributed by atoms with Gasteiger partial charge in [-0.25, -0.2) is 14.5 Å². The van der Waals surface area contributed by atoms with Crippen molar-refractivity contribution in [2.24, 2.45) is 14.1 Å². The number of rotatable bonds is 6. The standard InChI is InChI=1S/C19H21N11OS/c1-27-6-5-14(25-27)18-23-24-19(29(18)9-12-4-3-7-31-12)32-10-15-22-17-13-8-21-28(2)16(13)20-11-30(17)26-15/h5-6,8,11-12H,3-4,7,9-10H2,1-2H3/t12-/m1/s1. The van der Waals surface area contributed by atoms with E-state index >= 15 is 0 Å². The molecule has 0 amide bonds.